The Hall–Kier alpha value is -4.23. The van der Waals surface area contributed by atoms with Gasteiger partial charge in [0.05, 0.1) is 11.7 Å². The van der Waals surface area contributed by atoms with E-state index in [1.54, 1.807) is 12.3 Å². The SMILES string of the molecule is Cc1cc(Nc2cc(C#CCO)nc(N3CCC[C@H]3c3cc(-c4ccccn4)no3)n2)n[nH]1. The fourth-order valence-electron chi connectivity index (χ4n) is 3.82. The lowest BCUT2D eigenvalue weighted by atomic mass is 10.1. The molecule has 3 N–H and O–H groups in total. The van der Waals surface area contributed by atoms with E-state index in [1.807, 2.05) is 37.3 Å². The highest BCUT2D eigenvalue weighted by molar-refractivity contribution is 5.57. The van der Waals surface area contributed by atoms with Crippen LogP contribution >= 0.6 is 0 Å². The zero-order chi connectivity index (χ0) is 22.6. The van der Waals surface area contributed by atoms with Crippen molar-refractivity contribution in [3.8, 4) is 23.2 Å². The number of rotatable bonds is 5. The Morgan fingerprint density at radius 3 is 2.94 bits per heavy atom. The van der Waals surface area contributed by atoms with Gasteiger partial charge in [0.2, 0.25) is 5.95 Å². The maximum atomic E-state index is 9.12. The van der Waals surface area contributed by atoms with E-state index >= 15 is 0 Å². The number of aryl methyl sites for hydroxylation is 1. The first-order valence-electron chi connectivity index (χ1n) is 10.6. The lowest BCUT2D eigenvalue weighted by Crippen LogP contribution is -2.25. The molecule has 0 aromatic carbocycles. The molecule has 166 valence electrons. The Morgan fingerprint density at radius 2 is 2.15 bits per heavy atom. The highest BCUT2D eigenvalue weighted by Gasteiger charge is 2.32. The molecular formula is C23H22N8O2. The molecule has 0 bridgehead atoms. The Bertz CT molecular complexity index is 1300. The summed E-state index contributed by atoms with van der Waals surface area (Å²) >= 11 is 0. The standard InChI is InChI=1S/C23H22N8O2/c1-15-12-22(29-28-15)26-21-13-16(6-5-11-32)25-23(27-21)31-10-4-8-19(31)20-14-18(30-33-20)17-7-2-3-9-24-17/h2-3,7,9,12-14,19,32H,4,8,10-11H2,1H3,(H2,25,26,27,28,29)/t19-/m0/s1. The zero-order valence-electron chi connectivity index (χ0n) is 18.0. The first-order chi connectivity index (χ1) is 16.2. The van der Waals surface area contributed by atoms with Crippen molar-refractivity contribution in [2.75, 3.05) is 23.4 Å². The minimum absolute atomic E-state index is 0.0588. The second-order valence-corrected chi connectivity index (χ2v) is 7.64. The van der Waals surface area contributed by atoms with Gasteiger partial charge in [0.25, 0.3) is 0 Å². The first-order valence-corrected chi connectivity index (χ1v) is 10.6. The third-order valence-corrected chi connectivity index (χ3v) is 5.27. The Labute approximate surface area is 190 Å². The van der Waals surface area contributed by atoms with Gasteiger partial charge in [-0.05, 0) is 37.8 Å². The predicted octanol–water partition coefficient (Wildman–Crippen LogP) is 2.99. The molecule has 0 radical (unpaired) electrons. The summed E-state index contributed by atoms with van der Waals surface area (Å²) in [4.78, 5) is 15.8. The molecule has 0 amide bonds. The predicted molar refractivity (Wildman–Crippen MR) is 122 cm³/mol. The summed E-state index contributed by atoms with van der Waals surface area (Å²) in [6, 6.07) is 11.2. The minimum Gasteiger partial charge on any atom is -0.384 e. The second-order valence-electron chi connectivity index (χ2n) is 7.64. The van der Waals surface area contributed by atoms with Crippen LogP contribution in [0, 0.1) is 18.8 Å². The molecule has 10 nitrogen and oxygen atoms in total. The van der Waals surface area contributed by atoms with E-state index in [0.717, 1.165) is 36.5 Å². The molecule has 4 aromatic heterocycles. The van der Waals surface area contributed by atoms with Gasteiger partial charge < -0.3 is 19.8 Å². The lowest BCUT2D eigenvalue weighted by Gasteiger charge is -2.23. The van der Waals surface area contributed by atoms with E-state index < -0.39 is 0 Å². The molecule has 1 atom stereocenters. The number of aromatic amines is 1. The van der Waals surface area contributed by atoms with Gasteiger partial charge >= 0.3 is 0 Å². The summed E-state index contributed by atoms with van der Waals surface area (Å²) in [6.07, 6.45) is 3.57. The molecule has 1 aliphatic rings. The molecule has 5 heterocycles. The fourth-order valence-corrected chi connectivity index (χ4v) is 3.82. The number of H-pyrrole nitrogens is 1. The van der Waals surface area contributed by atoms with Crippen molar-refractivity contribution >= 4 is 17.6 Å². The van der Waals surface area contributed by atoms with Crippen molar-refractivity contribution in [1.82, 2.24) is 30.3 Å². The van der Waals surface area contributed by atoms with E-state index in [9.17, 15) is 0 Å². The number of anilines is 3. The van der Waals surface area contributed by atoms with Crippen LogP contribution in [0.25, 0.3) is 11.4 Å². The molecule has 4 aromatic rings. The number of aliphatic hydroxyl groups excluding tert-OH is 1. The van der Waals surface area contributed by atoms with Crippen molar-refractivity contribution in [2.45, 2.75) is 25.8 Å². The maximum Gasteiger partial charge on any atom is 0.229 e. The number of hydrogen-bond acceptors (Lipinski definition) is 9. The number of hydrogen-bond donors (Lipinski definition) is 3. The van der Waals surface area contributed by atoms with Crippen molar-refractivity contribution in [2.24, 2.45) is 0 Å². The molecule has 1 saturated heterocycles. The number of nitrogens with one attached hydrogen (secondary N) is 2. The highest BCUT2D eigenvalue weighted by Crippen LogP contribution is 2.36. The van der Waals surface area contributed by atoms with Crippen LogP contribution in [0.1, 0.15) is 36.0 Å². The van der Waals surface area contributed by atoms with E-state index in [1.165, 1.54) is 0 Å². The van der Waals surface area contributed by atoms with E-state index in [4.69, 9.17) is 14.6 Å². The van der Waals surface area contributed by atoms with Gasteiger partial charge in [0.1, 0.15) is 23.8 Å². The van der Waals surface area contributed by atoms with Gasteiger partial charge in [0, 0.05) is 36.6 Å². The van der Waals surface area contributed by atoms with Crippen LogP contribution in [0.15, 0.2) is 47.1 Å². The van der Waals surface area contributed by atoms with Crippen LogP contribution < -0.4 is 10.2 Å². The fraction of sp³-hybridized carbons (Fsp3) is 0.261. The summed E-state index contributed by atoms with van der Waals surface area (Å²) in [5, 5.41) is 23.6. The van der Waals surface area contributed by atoms with Crippen LogP contribution in [0.3, 0.4) is 0 Å². The summed E-state index contributed by atoms with van der Waals surface area (Å²) < 4.78 is 5.70. The number of nitrogens with zero attached hydrogens (tertiary/aromatic N) is 6. The average Bonchev–Trinajstić information content (AvgIpc) is 3.59. The summed E-state index contributed by atoms with van der Waals surface area (Å²) in [6.45, 7) is 2.44. The number of aliphatic hydroxyl groups is 1. The van der Waals surface area contributed by atoms with Crippen LogP contribution in [-0.4, -0.2) is 48.6 Å². The largest absolute Gasteiger partial charge is 0.384 e. The van der Waals surface area contributed by atoms with Crippen molar-refractivity contribution < 1.29 is 9.63 Å². The van der Waals surface area contributed by atoms with Crippen LogP contribution in [0.4, 0.5) is 17.6 Å². The minimum atomic E-state index is -0.249. The molecule has 0 unspecified atom stereocenters. The maximum absolute atomic E-state index is 9.12. The molecule has 10 heteroatoms. The van der Waals surface area contributed by atoms with Gasteiger partial charge in [-0.25, -0.2) is 4.98 Å². The van der Waals surface area contributed by atoms with Gasteiger partial charge in [-0.2, -0.15) is 10.1 Å². The topological polar surface area (TPSA) is 129 Å². The average molecular weight is 442 g/mol. The molecular weight excluding hydrogens is 420 g/mol. The van der Waals surface area contributed by atoms with Crippen LogP contribution in [0.5, 0.6) is 0 Å². The van der Waals surface area contributed by atoms with Crippen LogP contribution in [-0.2, 0) is 0 Å². The second kappa shape index (κ2) is 9.10. The summed E-state index contributed by atoms with van der Waals surface area (Å²) in [5.74, 6) is 8.00. The number of pyridine rings is 1. The van der Waals surface area contributed by atoms with Crippen molar-refractivity contribution in [3.63, 3.8) is 0 Å². The van der Waals surface area contributed by atoms with Crippen molar-refractivity contribution in [1.29, 1.82) is 0 Å². The molecule has 1 fully saturated rings. The molecule has 1 aliphatic heterocycles. The lowest BCUT2D eigenvalue weighted by molar-refractivity contribution is 0.350. The van der Waals surface area contributed by atoms with E-state index in [0.29, 0.717) is 29.0 Å². The third kappa shape index (κ3) is 4.53. The Balaban J connectivity index is 1.46. The highest BCUT2D eigenvalue weighted by atomic mass is 16.5. The third-order valence-electron chi connectivity index (χ3n) is 5.27. The monoisotopic (exact) mass is 442 g/mol. The summed E-state index contributed by atoms with van der Waals surface area (Å²) in [5.41, 5.74) is 2.88. The molecule has 0 spiro atoms. The van der Waals surface area contributed by atoms with Gasteiger partial charge in [-0.15, -0.1) is 0 Å². The van der Waals surface area contributed by atoms with Gasteiger partial charge in [0.15, 0.2) is 11.6 Å². The van der Waals surface area contributed by atoms with Gasteiger partial charge in [-0.3, -0.25) is 10.1 Å². The van der Waals surface area contributed by atoms with E-state index in [2.05, 4.69) is 47.4 Å². The summed E-state index contributed by atoms with van der Waals surface area (Å²) in [7, 11) is 0. The Morgan fingerprint density at radius 1 is 1.21 bits per heavy atom. The van der Waals surface area contributed by atoms with Crippen molar-refractivity contribution in [3.05, 3.63) is 59.7 Å². The zero-order valence-corrected chi connectivity index (χ0v) is 18.0. The molecule has 33 heavy (non-hydrogen) atoms. The number of aromatic nitrogens is 6. The Kier molecular flexibility index (Phi) is 5.70. The van der Waals surface area contributed by atoms with Gasteiger partial charge in [-0.1, -0.05) is 17.1 Å². The quantitative estimate of drug-likeness (QED) is 0.399. The molecule has 0 aliphatic carbocycles. The van der Waals surface area contributed by atoms with E-state index in [-0.39, 0.29) is 12.6 Å². The molecule has 5 rings (SSSR count). The molecule has 0 saturated carbocycles. The van der Waals surface area contributed by atoms with Crippen LogP contribution in [0.2, 0.25) is 0 Å². The first kappa shape index (κ1) is 20.7. The normalized spacial score (nSPS) is 15.3. The smallest absolute Gasteiger partial charge is 0.229 e.